The van der Waals surface area contributed by atoms with Crippen molar-refractivity contribution < 1.29 is 9.31 Å². The van der Waals surface area contributed by atoms with E-state index in [2.05, 4.69) is 58.9 Å². The van der Waals surface area contributed by atoms with E-state index in [4.69, 9.17) is 9.31 Å². The molecule has 0 aliphatic carbocycles. The Bertz CT molecular complexity index is 688. The van der Waals surface area contributed by atoms with E-state index in [9.17, 15) is 0 Å². The summed E-state index contributed by atoms with van der Waals surface area (Å²) >= 11 is 2.24. The lowest BCUT2D eigenvalue weighted by molar-refractivity contribution is 0.00578. The lowest BCUT2D eigenvalue weighted by Crippen LogP contribution is -2.41. The molecule has 3 heterocycles. The number of nitrogens with zero attached hydrogens (tertiary/aromatic N) is 3. The average Bonchev–Trinajstić information content (AvgIpc) is 2.84. The molecule has 0 radical (unpaired) electrons. The van der Waals surface area contributed by atoms with Gasteiger partial charge in [-0.15, -0.1) is 0 Å². The van der Waals surface area contributed by atoms with E-state index in [0.29, 0.717) is 0 Å². The topological polar surface area (TPSA) is 49.2 Å². The van der Waals surface area contributed by atoms with Crippen LogP contribution in [0.4, 0.5) is 0 Å². The molecule has 0 spiro atoms. The van der Waals surface area contributed by atoms with Gasteiger partial charge in [-0.05, 0) is 34.6 Å². The van der Waals surface area contributed by atoms with Gasteiger partial charge in [-0.3, -0.25) is 3.97 Å². The minimum Gasteiger partial charge on any atom is -0.399 e. The van der Waals surface area contributed by atoms with Gasteiger partial charge < -0.3 is 9.31 Å². The van der Waals surface area contributed by atoms with Crippen molar-refractivity contribution in [2.75, 3.05) is 0 Å². The van der Waals surface area contributed by atoms with Crippen LogP contribution < -0.4 is 5.46 Å². The Morgan fingerprint density at radius 1 is 1.24 bits per heavy atom. The zero-order chi connectivity index (χ0) is 15.4. The molecule has 0 atom stereocenters. The molecule has 0 amide bonds. The molecule has 0 unspecified atom stereocenters. The van der Waals surface area contributed by atoms with Crippen LogP contribution in [0.1, 0.15) is 33.5 Å². The second-order valence-electron chi connectivity index (χ2n) is 6.22. The van der Waals surface area contributed by atoms with E-state index in [-0.39, 0.29) is 11.2 Å². The zero-order valence-electron chi connectivity index (χ0n) is 12.7. The highest BCUT2D eigenvalue weighted by atomic mass is 127. The van der Waals surface area contributed by atoms with E-state index in [1.165, 1.54) is 0 Å². The van der Waals surface area contributed by atoms with Gasteiger partial charge in [0.2, 0.25) is 0 Å². The number of aromatic nitrogens is 3. The predicted molar refractivity (Wildman–Crippen MR) is 95.0 cm³/mol. The van der Waals surface area contributed by atoms with Crippen LogP contribution in [0.15, 0.2) is 12.4 Å². The van der Waals surface area contributed by atoms with Crippen molar-refractivity contribution in [1.82, 2.24) is 13.9 Å². The Hall–Kier alpha value is -0.315. The highest BCUT2D eigenvalue weighted by molar-refractivity contribution is 14.2. The lowest BCUT2D eigenvalue weighted by Gasteiger charge is -2.32. The van der Waals surface area contributed by atoms with E-state index in [1.54, 1.807) is 9.12 Å². The molecular formula is C13H17BIN3O2S. The Labute approximate surface area is 141 Å². The molecule has 0 saturated carbocycles. The van der Waals surface area contributed by atoms with Gasteiger partial charge in [0.1, 0.15) is 5.82 Å². The summed E-state index contributed by atoms with van der Waals surface area (Å²) in [7, 11) is 1.18. The number of halogens is 1. The fourth-order valence-electron chi connectivity index (χ4n) is 2.30. The Morgan fingerprint density at radius 3 is 2.43 bits per heavy atom. The molecule has 1 aliphatic heterocycles. The van der Waals surface area contributed by atoms with Crippen molar-refractivity contribution in [2.24, 2.45) is 0 Å². The monoisotopic (exact) mass is 417 g/mol. The normalized spacial score (nSPS) is 20.4. The first-order valence-corrected chi connectivity index (χ1v) is 10.1. The molecule has 0 aromatic carbocycles. The molecule has 0 bridgehead atoms. The maximum atomic E-state index is 6.14. The third kappa shape index (κ3) is 2.49. The molecule has 112 valence electrons. The van der Waals surface area contributed by atoms with Gasteiger partial charge in [0.25, 0.3) is 0 Å². The highest BCUT2D eigenvalue weighted by Gasteiger charge is 2.52. The zero-order valence-corrected chi connectivity index (χ0v) is 15.7. The first-order valence-electron chi connectivity index (χ1n) is 6.74. The summed E-state index contributed by atoms with van der Waals surface area (Å²) in [5.74, 6) is 0.757. The minimum atomic E-state index is -0.395. The van der Waals surface area contributed by atoms with Gasteiger partial charge in [-0.2, -0.15) is 0 Å². The van der Waals surface area contributed by atoms with Crippen LogP contribution in [-0.2, 0) is 9.31 Å². The molecule has 1 aliphatic rings. The van der Waals surface area contributed by atoms with Crippen molar-refractivity contribution in [2.45, 2.75) is 45.8 Å². The Morgan fingerprint density at radius 2 is 1.86 bits per heavy atom. The molecule has 8 heteroatoms. The van der Waals surface area contributed by atoms with Gasteiger partial charge in [-0.1, -0.05) is 0 Å². The van der Waals surface area contributed by atoms with Crippen LogP contribution in [0.3, 0.4) is 0 Å². The fourth-order valence-corrected chi connectivity index (χ4v) is 3.56. The summed E-state index contributed by atoms with van der Waals surface area (Å²) < 4.78 is 14.3. The fraction of sp³-hybridized carbons (Fsp3) is 0.538. The first kappa shape index (κ1) is 15.6. The summed E-state index contributed by atoms with van der Waals surface area (Å²) in [6, 6.07) is 0. The van der Waals surface area contributed by atoms with Crippen molar-refractivity contribution >= 4 is 53.9 Å². The number of hydrogen-bond acceptors (Lipinski definition) is 5. The van der Waals surface area contributed by atoms with Crippen molar-refractivity contribution in [1.29, 1.82) is 0 Å². The molecule has 0 N–H and O–H groups in total. The Balaban J connectivity index is 2.10. The average molecular weight is 417 g/mol. The standard InChI is InChI=1S/C13H17BIN3O2S/c1-8-16-6-9-10(7-18(21-15)11(9)17-8)14-19-12(2,3)13(4,5)20-14/h6-7H,1-5H3. The molecule has 2 aromatic rings. The molecule has 2 aromatic heterocycles. The summed E-state index contributed by atoms with van der Waals surface area (Å²) in [6.07, 6.45) is 3.87. The van der Waals surface area contributed by atoms with Gasteiger partial charge in [0.05, 0.1) is 11.2 Å². The highest BCUT2D eigenvalue weighted by Crippen LogP contribution is 2.37. The van der Waals surface area contributed by atoms with Crippen LogP contribution in [0.5, 0.6) is 0 Å². The summed E-state index contributed by atoms with van der Waals surface area (Å²) in [4.78, 5) is 8.84. The molecule has 1 fully saturated rings. The summed E-state index contributed by atoms with van der Waals surface area (Å²) in [5, 5.41) is 0.975. The molecule has 21 heavy (non-hydrogen) atoms. The van der Waals surface area contributed by atoms with E-state index in [0.717, 1.165) is 22.3 Å². The smallest absolute Gasteiger partial charge is 0.399 e. The largest absolute Gasteiger partial charge is 0.497 e. The van der Waals surface area contributed by atoms with Gasteiger partial charge in [0, 0.05) is 53.6 Å². The van der Waals surface area contributed by atoms with Crippen LogP contribution in [0.2, 0.25) is 0 Å². The molecule has 5 nitrogen and oxygen atoms in total. The van der Waals surface area contributed by atoms with Crippen LogP contribution in [0, 0.1) is 6.92 Å². The number of aryl methyl sites for hydroxylation is 1. The van der Waals surface area contributed by atoms with Crippen molar-refractivity contribution in [3.8, 4) is 0 Å². The van der Waals surface area contributed by atoms with Crippen LogP contribution in [-0.4, -0.2) is 32.3 Å². The third-order valence-electron chi connectivity index (χ3n) is 4.25. The summed E-state index contributed by atoms with van der Waals surface area (Å²) in [5.41, 5.74) is 1.17. The van der Waals surface area contributed by atoms with Crippen molar-refractivity contribution in [3.63, 3.8) is 0 Å². The van der Waals surface area contributed by atoms with Gasteiger partial charge >= 0.3 is 7.12 Å². The lowest BCUT2D eigenvalue weighted by atomic mass is 9.79. The maximum Gasteiger partial charge on any atom is 0.497 e. The molecule has 3 rings (SSSR count). The minimum absolute atomic E-state index is 0.352. The van der Waals surface area contributed by atoms with E-state index >= 15 is 0 Å². The van der Waals surface area contributed by atoms with Crippen LogP contribution >= 0.6 is 30.3 Å². The number of fused-ring (bicyclic) bond motifs is 1. The SMILES string of the molecule is Cc1ncc2c(B3OC(C)(C)C(C)(C)O3)cn(SI)c2n1. The quantitative estimate of drug-likeness (QED) is 0.556. The molecular weight excluding hydrogens is 400 g/mol. The van der Waals surface area contributed by atoms with Crippen LogP contribution in [0.25, 0.3) is 11.0 Å². The van der Waals surface area contributed by atoms with E-state index in [1.807, 2.05) is 23.3 Å². The predicted octanol–water partition coefficient (Wildman–Crippen LogP) is 2.89. The summed E-state index contributed by atoms with van der Waals surface area (Å²) in [6.45, 7) is 10.1. The third-order valence-corrected chi connectivity index (χ3v) is 5.95. The maximum absolute atomic E-state index is 6.14. The first-order chi connectivity index (χ1) is 9.75. The second-order valence-corrected chi connectivity index (χ2v) is 7.94. The number of hydrogen-bond donors (Lipinski definition) is 0. The Kier molecular flexibility index (Phi) is 3.79. The van der Waals surface area contributed by atoms with Gasteiger partial charge in [0.15, 0.2) is 5.65 Å². The van der Waals surface area contributed by atoms with E-state index < -0.39 is 7.12 Å². The molecule has 1 saturated heterocycles. The number of rotatable bonds is 2. The second kappa shape index (κ2) is 5.11. The van der Waals surface area contributed by atoms with Crippen molar-refractivity contribution in [3.05, 3.63) is 18.2 Å². The van der Waals surface area contributed by atoms with Gasteiger partial charge in [-0.25, -0.2) is 9.97 Å².